The fourth-order valence-corrected chi connectivity index (χ4v) is 0.0816. The van der Waals surface area contributed by atoms with Crippen molar-refractivity contribution in [2.24, 2.45) is 5.16 Å². The number of oxime groups is 1. The summed E-state index contributed by atoms with van der Waals surface area (Å²) in [4.78, 5) is 0. The van der Waals surface area contributed by atoms with E-state index in [2.05, 4.69) is 5.16 Å². The zero-order valence-electron chi connectivity index (χ0n) is 3.76. The topological polar surface area (TPSA) is 32.6 Å². The Hall–Kier alpha value is 0.574. The van der Waals surface area contributed by atoms with Crippen LogP contribution in [0.5, 0.6) is 0 Å². The third-order valence-electron chi connectivity index (χ3n) is 0.264. The number of hydrogen-bond donors (Lipinski definition) is 1. The first-order valence-corrected chi connectivity index (χ1v) is 1.57. The zero-order valence-corrected chi connectivity index (χ0v) is 6.59. The van der Waals surface area contributed by atoms with E-state index in [0.717, 1.165) is 6.42 Å². The van der Waals surface area contributed by atoms with E-state index in [1.54, 1.807) is 0 Å². The van der Waals surface area contributed by atoms with Crippen molar-refractivity contribution < 1.29 is 37.9 Å². The van der Waals surface area contributed by atoms with Crippen LogP contribution < -0.4 is 0 Å². The second-order valence-corrected chi connectivity index (χ2v) is 0.706. The number of hydrogen-bond acceptors (Lipinski definition) is 2. The molecule has 33 valence electrons. The molecule has 0 aromatic heterocycles. The van der Waals surface area contributed by atoms with Crippen LogP contribution >= 0.6 is 0 Å². The molecule has 0 amide bonds. The maximum absolute atomic E-state index is 7.64. The smallest absolute Gasteiger partial charge is 0.0433 e. The first kappa shape index (κ1) is 9.76. The molecule has 0 atom stereocenters. The second kappa shape index (κ2) is 9.13. The van der Waals surface area contributed by atoms with Gasteiger partial charge < -0.3 is 5.21 Å². The van der Waals surface area contributed by atoms with E-state index >= 15 is 0 Å². The van der Waals surface area contributed by atoms with Gasteiger partial charge in [0.1, 0.15) is 0 Å². The summed E-state index contributed by atoms with van der Waals surface area (Å²) in [5, 5.41) is 10.4. The van der Waals surface area contributed by atoms with E-state index in [0.29, 0.717) is 0 Å². The van der Waals surface area contributed by atoms with E-state index in [1.807, 2.05) is 6.92 Å². The van der Waals surface area contributed by atoms with Crippen LogP contribution in [0.4, 0.5) is 0 Å². The standard InChI is InChI=1S/C3H7NO.Y/c1-2-3-4-5;/h3,5H,2H2,1H3;. The summed E-state index contributed by atoms with van der Waals surface area (Å²) in [6, 6.07) is 0. The quantitative estimate of drug-likeness (QED) is 0.346. The molecule has 6 heavy (non-hydrogen) atoms. The monoisotopic (exact) mass is 162 g/mol. The van der Waals surface area contributed by atoms with Crippen molar-refractivity contribution >= 4 is 6.21 Å². The Balaban J connectivity index is 0. The van der Waals surface area contributed by atoms with Gasteiger partial charge in [0, 0.05) is 38.9 Å². The minimum Gasteiger partial charge on any atom is -0.411 e. The van der Waals surface area contributed by atoms with Crippen molar-refractivity contribution in [3.63, 3.8) is 0 Å². The normalized spacial score (nSPS) is 8.17. The summed E-state index contributed by atoms with van der Waals surface area (Å²) in [6.07, 6.45) is 2.23. The van der Waals surface area contributed by atoms with Crippen LogP contribution in [0, 0.1) is 0 Å². The van der Waals surface area contributed by atoms with Gasteiger partial charge in [0.15, 0.2) is 0 Å². The fraction of sp³-hybridized carbons (Fsp3) is 0.667. The van der Waals surface area contributed by atoms with Gasteiger partial charge >= 0.3 is 0 Å². The Bertz CT molecular complexity index is 37.8. The summed E-state index contributed by atoms with van der Waals surface area (Å²) in [6.45, 7) is 1.90. The molecule has 0 unspecified atom stereocenters. The van der Waals surface area contributed by atoms with Crippen LogP contribution in [0.3, 0.4) is 0 Å². The molecule has 0 aliphatic carbocycles. The molecule has 0 aliphatic rings. The van der Waals surface area contributed by atoms with Crippen LogP contribution in [-0.4, -0.2) is 11.4 Å². The van der Waals surface area contributed by atoms with Crippen LogP contribution in [0.25, 0.3) is 0 Å². The van der Waals surface area contributed by atoms with Crippen molar-refractivity contribution in [3.8, 4) is 0 Å². The van der Waals surface area contributed by atoms with E-state index in [1.165, 1.54) is 6.21 Å². The third kappa shape index (κ3) is 8.82. The summed E-state index contributed by atoms with van der Waals surface area (Å²) in [7, 11) is 0. The molecular formula is C3H7NOY. The van der Waals surface area contributed by atoms with E-state index in [9.17, 15) is 0 Å². The molecule has 0 spiro atoms. The molecule has 0 aromatic carbocycles. The molecule has 1 radical (unpaired) electrons. The van der Waals surface area contributed by atoms with E-state index in [-0.39, 0.29) is 32.7 Å². The van der Waals surface area contributed by atoms with Crippen molar-refractivity contribution in [1.29, 1.82) is 0 Å². The zero-order chi connectivity index (χ0) is 4.12. The van der Waals surface area contributed by atoms with Gasteiger partial charge in [0.05, 0.1) is 0 Å². The summed E-state index contributed by atoms with van der Waals surface area (Å²) in [5.41, 5.74) is 0. The third-order valence-corrected chi connectivity index (χ3v) is 0.264. The van der Waals surface area contributed by atoms with Gasteiger partial charge in [-0.25, -0.2) is 0 Å². The van der Waals surface area contributed by atoms with E-state index < -0.39 is 0 Å². The number of rotatable bonds is 1. The van der Waals surface area contributed by atoms with Crippen molar-refractivity contribution in [2.45, 2.75) is 13.3 Å². The van der Waals surface area contributed by atoms with Gasteiger partial charge in [-0.3, -0.25) is 0 Å². The molecule has 0 heterocycles. The molecule has 0 rings (SSSR count). The van der Waals surface area contributed by atoms with Gasteiger partial charge in [-0.2, -0.15) is 0 Å². The first-order chi connectivity index (χ1) is 2.41. The Kier molecular flexibility index (Phi) is 14.9. The fourth-order valence-electron chi connectivity index (χ4n) is 0.0816. The largest absolute Gasteiger partial charge is 0.411 e. The summed E-state index contributed by atoms with van der Waals surface area (Å²) < 4.78 is 0. The van der Waals surface area contributed by atoms with Crippen molar-refractivity contribution in [3.05, 3.63) is 0 Å². The first-order valence-electron chi connectivity index (χ1n) is 1.57. The number of nitrogens with zero attached hydrogens (tertiary/aromatic N) is 1. The molecule has 0 aliphatic heterocycles. The Labute approximate surface area is 62.5 Å². The average molecular weight is 162 g/mol. The molecule has 1 N–H and O–H groups in total. The second-order valence-electron chi connectivity index (χ2n) is 0.706. The Morgan fingerprint density at radius 3 is 2.33 bits per heavy atom. The molecule has 0 saturated heterocycles. The van der Waals surface area contributed by atoms with Gasteiger partial charge in [0.25, 0.3) is 0 Å². The maximum atomic E-state index is 7.64. The van der Waals surface area contributed by atoms with Crippen LogP contribution in [0.2, 0.25) is 0 Å². The maximum Gasteiger partial charge on any atom is 0.0433 e. The average Bonchev–Trinajstić information content (AvgIpc) is 1.41. The molecule has 0 aromatic rings. The predicted molar refractivity (Wildman–Crippen MR) is 20.6 cm³/mol. The molecule has 0 bridgehead atoms. The molecule has 3 heteroatoms. The Morgan fingerprint density at radius 2 is 2.33 bits per heavy atom. The molecule has 0 saturated carbocycles. The molecule has 0 fully saturated rings. The van der Waals surface area contributed by atoms with Gasteiger partial charge in [-0.15, -0.1) is 5.16 Å². The van der Waals surface area contributed by atoms with Crippen LogP contribution in [-0.2, 0) is 32.7 Å². The summed E-state index contributed by atoms with van der Waals surface area (Å²) in [5.74, 6) is 0. The van der Waals surface area contributed by atoms with Crippen LogP contribution in [0.15, 0.2) is 5.16 Å². The minimum absolute atomic E-state index is 0. The SMILES string of the molecule is CCC=NO.[Y]. The van der Waals surface area contributed by atoms with Crippen molar-refractivity contribution in [2.75, 3.05) is 0 Å². The van der Waals surface area contributed by atoms with Gasteiger partial charge in [0.2, 0.25) is 0 Å². The van der Waals surface area contributed by atoms with Gasteiger partial charge in [-0.1, -0.05) is 6.92 Å². The Morgan fingerprint density at radius 1 is 1.83 bits per heavy atom. The van der Waals surface area contributed by atoms with Gasteiger partial charge in [-0.05, 0) is 6.42 Å². The molecule has 2 nitrogen and oxygen atoms in total. The molecular weight excluding hydrogens is 155 g/mol. The van der Waals surface area contributed by atoms with Crippen molar-refractivity contribution in [1.82, 2.24) is 0 Å². The summed E-state index contributed by atoms with van der Waals surface area (Å²) >= 11 is 0. The van der Waals surface area contributed by atoms with E-state index in [4.69, 9.17) is 5.21 Å². The predicted octanol–water partition coefficient (Wildman–Crippen LogP) is 0.854. The minimum atomic E-state index is 0. The van der Waals surface area contributed by atoms with Crippen LogP contribution in [0.1, 0.15) is 13.3 Å².